The van der Waals surface area contributed by atoms with Crippen LogP contribution < -0.4 is 0 Å². The molecule has 0 fully saturated rings. The van der Waals surface area contributed by atoms with Crippen molar-refractivity contribution in [3.05, 3.63) is 63.9 Å². The van der Waals surface area contributed by atoms with Crippen LogP contribution in [0.15, 0.2) is 36.4 Å². The van der Waals surface area contributed by atoms with Crippen LogP contribution in [-0.4, -0.2) is 9.97 Å². The van der Waals surface area contributed by atoms with Crippen molar-refractivity contribution in [2.45, 2.75) is 13.8 Å². The summed E-state index contributed by atoms with van der Waals surface area (Å²) in [5, 5.41) is 10.1. The Kier molecular flexibility index (Phi) is 3.70. The third-order valence-corrected chi connectivity index (χ3v) is 4.02. The molecule has 4 heteroatoms. The Hall–Kier alpha value is -2.57. The predicted octanol–water partition coefficient (Wildman–Crippen LogP) is 4.90. The van der Waals surface area contributed by atoms with Crippen LogP contribution in [0.1, 0.15) is 22.5 Å². The van der Waals surface area contributed by atoms with Gasteiger partial charge in [0, 0.05) is 5.02 Å². The number of hydrogen-bond donors (Lipinski definition) is 1. The van der Waals surface area contributed by atoms with Gasteiger partial charge in [-0.2, -0.15) is 5.26 Å². The van der Waals surface area contributed by atoms with Crippen LogP contribution in [0.5, 0.6) is 0 Å². The second-order valence-corrected chi connectivity index (χ2v) is 5.64. The van der Waals surface area contributed by atoms with Crippen molar-refractivity contribution >= 4 is 34.3 Å². The first-order valence-corrected chi connectivity index (χ1v) is 7.30. The topological polar surface area (TPSA) is 52.5 Å². The maximum absolute atomic E-state index is 9.44. The number of nitrogens with zero attached hydrogens (tertiary/aromatic N) is 2. The number of fused-ring (bicyclic) bond motifs is 1. The summed E-state index contributed by atoms with van der Waals surface area (Å²) in [5.41, 5.74) is 5.42. The average Bonchev–Trinajstić information content (AvgIpc) is 2.89. The molecule has 108 valence electrons. The van der Waals surface area contributed by atoms with E-state index in [9.17, 15) is 5.26 Å². The molecule has 3 rings (SSSR count). The zero-order valence-electron chi connectivity index (χ0n) is 12.3. The number of aryl methyl sites for hydroxylation is 2. The number of allylic oxidation sites excluding steroid dienone is 1. The van der Waals surface area contributed by atoms with Gasteiger partial charge in [-0.1, -0.05) is 29.8 Å². The lowest BCUT2D eigenvalue weighted by Crippen LogP contribution is -1.85. The standard InChI is InChI=1S/C18H14ClN3/c1-11-7-16-17(8-12(11)2)22-18(21-16)14(10-20)9-13-5-3-4-6-15(13)19/h3-9H,1-2H3,(H,21,22)/b14-9+. The van der Waals surface area contributed by atoms with Crippen LogP contribution in [0, 0.1) is 25.2 Å². The number of imidazole rings is 1. The molecular formula is C18H14ClN3. The van der Waals surface area contributed by atoms with E-state index in [0.717, 1.165) is 16.6 Å². The van der Waals surface area contributed by atoms with Crippen LogP contribution in [0.4, 0.5) is 0 Å². The number of nitrogens with one attached hydrogen (secondary N) is 1. The zero-order chi connectivity index (χ0) is 15.7. The summed E-state index contributed by atoms with van der Waals surface area (Å²) in [6.45, 7) is 4.11. The monoisotopic (exact) mass is 307 g/mol. The molecule has 1 aromatic heterocycles. The van der Waals surface area contributed by atoms with Crippen molar-refractivity contribution in [3.8, 4) is 6.07 Å². The third-order valence-electron chi connectivity index (χ3n) is 3.68. The van der Waals surface area contributed by atoms with Crippen molar-refractivity contribution in [1.82, 2.24) is 9.97 Å². The van der Waals surface area contributed by atoms with Crippen LogP contribution >= 0.6 is 11.6 Å². The lowest BCUT2D eigenvalue weighted by molar-refractivity contribution is 1.27. The molecule has 3 nitrogen and oxygen atoms in total. The summed E-state index contributed by atoms with van der Waals surface area (Å²) in [5.74, 6) is 0.558. The lowest BCUT2D eigenvalue weighted by Gasteiger charge is -1.98. The van der Waals surface area contributed by atoms with E-state index in [2.05, 4.69) is 23.0 Å². The molecule has 0 saturated heterocycles. The van der Waals surface area contributed by atoms with Crippen LogP contribution in [0.3, 0.4) is 0 Å². The Morgan fingerprint density at radius 2 is 1.95 bits per heavy atom. The smallest absolute Gasteiger partial charge is 0.149 e. The van der Waals surface area contributed by atoms with Crippen molar-refractivity contribution in [2.75, 3.05) is 0 Å². The molecule has 0 spiro atoms. The van der Waals surface area contributed by atoms with Gasteiger partial charge in [0.1, 0.15) is 11.9 Å². The van der Waals surface area contributed by atoms with Crippen molar-refractivity contribution in [1.29, 1.82) is 5.26 Å². The van der Waals surface area contributed by atoms with E-state index in [-0.39, 0.29) is 0 Å². The Balaban J connectivity index is 2.12. The molecule has 0 aliphatic rings. The van der Waals surface area contributed by atoms with E-state index in [1.165, 1.54) is 11.1 Å². The maximum Gasteiger partial charge on any atom is 0.149 e. The molecule has 0 amide bonds. The van der Waals surface area contributed by atoms with E-state index in [4.69, 9.17) is 11.6 Å². The Labute approximate surface area is 133 Å². The zero-order valence-corrected chi connectivity index (χ0v) is 13.1. The number of hydrogen-bond acceptors (Lipinski definition) is 2. The van der Waals surface area contributed by atoms with Gasteiger partial charge in [-0.25, -0.2) is 4.98 Å². The van der Waals surface area contributed by atoms with Gasteiger partial charge in [-0.3, -0.25) is 0 Å². The fourth-order valence-corrected chi connectivity index (χ4v) is 2.49. The van der Waals surface area contributed by atoms with Gasteiger partial charge in [0.25, 0.3) is 0 Å². The Morgan fingerprint density at radius 3 is 2.68 bits per heavy atom. The first-order chi connectivity index (χ1) is 10.6. The van der Waals surface area contributed by atoms with Crippen molar-refractivity contribution in [3.63, 3.8) is 0 Å². The van der Waals surface area contributed by atoms with E-state index in [0.29, 0.717) is 16.4 Å². The molecule has 0 atom stereocenters. The van der Waals surface area contributed by atoms with Gasteiger partial charge in [-0.05, 0) is 54.8 Å². The highest BCUT2D eigenvalue weighted by atomic mass is 35.5. The second-order valence-electron chi connectivity index (χ2n) is 5.23. The van der Waals surface area contributed by atoms with Gasteiger partial charge in [0.05, 0.1) is 16.6 Å². The largest absolute Gasteiger partial charge is 0.337 e. The molecule has 0 saturated carbocycles. The fraction of sp³-hybridized carbons (Fsp3) is 0.111. The molecule has 3 aromatic rings. The minimum Gasteiger partial charge on any atom is -0.337 e. The SMILES string of the molecule is Cc1cc2nc(/C(C#N)=C/c3ccccc3Cl)[nH]c2cc1C. The summed E-state index contributed by atoms with van der Waals surface area (Å²) < 4.78 is 0. The molecule has 1 heterocycles. The Morgan fingerprint density at radius 1 is 1.23 bits per heavy atom. The van der Waals surface area contributed by atoms with E-state index >= 15 is 0 Å². The quantitative estimate of drug-likeness (QED) is 0.685. The van der Waals surface area contributed by atoms with Gasteiger partial charge < -0.3 is 4.98 Å². The molecule has 0 bridgehead atoms. The minimum atomic E-state index is 0.458. The second kappa shape index (κ2) is 5.67. The highest BCUT2D eigenvalue weighted by molar-refractivity contribution is 6.32. The van der Waals surface area contributed by atoms with Gasteiger partial charge in [0.2, 0.25) is 0 Å². The van der Waals surface area contributed by atoms with E-state index in [1.807, 2.05) is 37.3 Å². The highest BCUT2D eigenvalue weighted by Gasteiger charge is 2.10. The van der Waals surface area contributed by atoms with Crippen molar-refractivity contribution < 1.29 is 0 Å². The molecule has 2 aromatic carbocycles. The maximum atomic E-state index is 9.44. The third kappa shape index (κ3) is 2.61. The predicted molar refractivity (Wildman–Crippen MR) is 90.5 cm³/mol. The summed E-state index contributed by atoms with van der Waals surface area (Å²) in [7, 11) is 0. The van der Waals surface area contributed by atoms with Crippen LogP contribution in [-0.2, 0) is 0 Å². The summed E-state index contributed by atoms with van der Waals surface area (Å²) in [4.78, 5) is 7.73. The van der Waals surface area contributed by atoms with E-state index in [1.54, 1.807) is 12.1 Å². The van der Waals surface area contributed by atoms with Crippen molar-refractivity contribution in [2.24, 2.45) is 0 Å². The fourth-order valence-electron chi connectivity index (χ4n) is 2.30. The number of aromatic amines is 1. The molecule has 1 N–H and O–H groups in total. The lowest BCUT2D eigenvalue weighted by atomic mass is 10.1. The number of aromatic nitrogens is 2. The molecule has 0 aliphatic carbocycles. The van der Waals surface area contributed by atoms with E-state index < -0.39 is 0 Å². The van der Waals surface area contributed by atoms with Crippen LogP contribution in [0.25, 0.3) is 22.7 Å². The molecular weight excluding hydrogens is 294 g/mol. The molecule has 22 heavy (non-hydrogen) atoms. The average molecular weight is 308 g/mol. The van der Waals surface area contributed by atoms with Gasteiger partial charge in [0.15, 0.2) is 0 Å². The number of nitriles is 1. The van der Waals surface area contributed by atoms with Gasteiger partial charge >= 0.3 is 0 Å². The summed E-state index contributed by atoms with van der Waals surface area (Å²) in [6.07, 6.45) is 1.75. The number of halogens is 1. The van der Waals surface area contributed by atoms with Gasteiger partial charge in [-0.15, -0.1) is 0 Å². The summed E-state index contributed by atoms with van der Waals surface area (Å²) in [6, 6.07) is 13.7. The van der Waals surface area contributed by atoms with Crippen LogP contribution in [0.2, 0.25) is 5.02 Å². The normalized spacial score (nSPS) is 11.6. The molecule has 0 aliphatic heterocycles. The first-order valence-electron chi connectivity index (χ1n) is 6.92. The molecule has 0 unspecified atom stereocenters. The number of rotatable bonds is 2. The highest BCUT2D eigenvalue weighted by Crippen LogP contribution is 2.24. The minimum absolute atomic E-state index is 0.458. The summed E-state index contributed by atoms with van der Waals surface area (Å²) >= 11 is 6.15. The molecule has 0 radical (unpaired) electrons. The first kappa shape index (κ1) is 14.4. The Bertz CT molecular complexity index is 890. The number of H-pyrrole nitrogens is 1. The number of benzene rings is 2.